The second-order valence-electron chi connectivity index (χ2n) is 8.54. The molecule has 208 valence electrons. The molecule has 2 bridgehead atoms. The van der Waals surface area contributed by atoms with Crippen molar-refractivity contribution in [2.24, 2.45) is 0 Å². The molecular weight excluding hydrogens is 524 g/mol. The summed E-state index contributed by atoms with van der Waals surface area (Å²) >= 11 is 6.07. The predicted molar refractivity (Wildman–Crippen MR) is 117 cm³/mol. The lowest BCUT2D eigenvalue weighted by Crippen LogP contribution is -2.65. The van der Waals surface area contributed by atoms with Gasteiger partial charge in [0.1, 0.15) is 18.3 Å². The van der Waals surface area contributed by atoms with Gasteiger partial charge in [0.25, 0.3) is 0 Å². The van der Waals surface area contributed by atoms with E-state index in [4.69, 9.17) is 54.2 Å². The molecule has 10 atom stereocenters. The summed E-state index contributed by atoms with van der Waals surface area (Å²) in [4.78, 5) is 59.3. The van der Waals surface area contributed by atoms with Gasteiger partial charge in [-0.2, -0.15) is 0 Å². The highest BCUT2D eigenvalue weighted by Gasteiger charge is 2.59. The summed E-state index contributed by atoms with van der Waals surface area (Å²) in [5.74, 6) is -3.91. The minimum absolute atomic E-state index is 0.0157. The van der Waals surface area contributed by atoms with Crippen LogP contribution in [0.25, 0.3) is 0 Å². The largest absolute Gasteiger partial charge is 0.456 e. The van der Waals surface area contributed by atoms with Gasteiger partial charge in [-0.25, -0.2) is 0 Å². The monoisotopic (exact) mass is 552 g/mol. The van der Waals surface area contributed by atoms with Crippen molar-refractivity contribution in [3.63, 3.8) is 0 Å². The van der Waals surface area contributed by atoms with Crippen molar-refractivity contribution in [1.82, 2.24) is 0 Å². The van der Waals surface area contributed by atoms with E-state index in [9.17, 15) is 24.0 Å². The quantitative estimate of drug-likeness (QED) is 0.219. The van der Waals surface area contributed by atoms with Gasteiger partial charge in [0.15, 0.2) is 43.1 Å². The molecule has 3 saturated heterocycles. The van der Waals surface area contributed by atoms with Gasteiger partial charge in [0.2, 0.25) is 0 Å². The van der Waals surface area contributed by atoms with E-state index in [1.165, 1.54) is 0 Å². The summed E-state index contributed by atoms with van der Waals surface area (Å²) in [6.07, 6.45) is -12.0. The van der Waals surface area contributed by atoms with Crippen LogP contribution in [0, 0.1) is 0 Å². The first-order valence-electron chi connectivity index (χ1n) is 11.4. The van der Waals surface area contributed by atoms with Gasteiger partial charge in [-0.05, 0) is 0 Å². The molecule has 3 rings (SSSR count). The van der Waals surface area contributed by atoms with Crippen LogP contribution in [0.3, 0.4) is 0 Å². The maximum absolute atomic E-state index is 12.0. The maximum Gasteiger partial charge on any atom is 0.303 e. The zero-order chi connectivity index (χ0) is 27.4. The predicted octanol–water partition coefficient (Wildman–Crippen LogP) is -0.251. The van der Waals surface area contributed by atoms with E-state index in [1.54, 1.807) is 0 Å². The number of halogens is 1. The van der Waals surface area contributed by atoms with E-state index in [0.29, 0.717) is 0 Å². The van der Waals surface area contributed by atoms with Gasteiger partial charge in [-0.1, -0.05) is 0 Å². The fraction of sp³-hybridized carbons (Fsp3) is 0.773. The van der Waals surface area contributed by atoms with Gasteiger partial charge in [-0.15, -0.1) is 11.6 Å². The van der Waals surface area contributed by atoms with Crippen molar-refractivity contribution in [3.05, 3.63) is 0 Å². The number of carbonyl (C=O) groups excluding carboxylic acids is 5. The zero-order valence-corrected chi connectivity index (χ0v) is 21.5. The Labute approximate surface area is 217 Å². The van der Waals surface area contributed by atoms with E-state index in [2.05, 4.69) is 0 Å². The van der Waals surface area contributed by atoms with Gasteiger partial charge in [-0.3, -0.25) is 24.0 Å². The van der Waals surface area contributed by atoms with Crippen molar-refractivity contribution in [2.75, 3.05) is 12.5 Å². The Balaban J connectivity index is 1.98. The van der Waals surface area contributed by atoms with Crippen molar-refractivity contribution < 1.29 is 66.6 Å². The lowest BCUT2D eigenvalue weighted by atomic mass is 9.97. The number of alkyl halides is 1. The summed E-state index contributed by atoms with van der Waals surface area (Å²) in [5, 5.41) is 0. The first-order chi connectivity index (χ1) is 17.4. The lowest BCUT2D eigenvalue weighted by molar-refractivity contribution is -0.335. The molecule has 3 aliphatic heterocycles. The Morgan fingerprint density at radius 3 is 1.62 bits per heavy atom. The number of fused-ring (bicyclic) bond motifs is 2. The van der Waals surface area contributed by atoms with Gasteiger partial charge < -0.3 is 42.6 Å². The highest BCUT2D eigenvalue weighted by molar-refractivity contribution is 6.18. The molecule has 37 heavy (non-hydrogen) atoms. The number of rotatable bonds is 8. The topological polar surface area (TPSA) is 168 Å². The summed E-state index contributed by atoms with van der Waals surface area (Å²) in [5.41, 5.74) is 0. The van der Waals surface area contributed by atoms with Crippen molar-refractivity contribution in [2.45, 2.75) is 96.0 Å². The molecule has 1 unspecified atom stereocenters. The minimum Gasteiger partial charge on any atom is -0.456 e. The molecule has 0 radical (unpaired) electrons. The summed E-state index contributed by atoms with van der Waals surface area (Å²) in [6.45, 7) is 5.65. The van der Waals surface area contributed by atoms with Crippen LogP contribution >= 0.6 is 11.6 Å². The van der Waals surface area contributed by atoms with E-state index in [0.717, 1.165) is 34.6 Å². The van der Waals surface area contributed by atoms with Crippen molar-refractivity contribution in [3.8, 4) is 0 Å². The number of esters is 5. The number of ether oxygens (including phenoxy) is 9. The molecule has 3 heterocycles. The lowest BCUT2D eigenvalue weighted by Gasteiger charge is -2.46. The average Bonchev–Trinajstić information content (AvgIpc) is 3.21. The number of hydrogen-bond acceptors (Lipinski definition) is 14. The molecule has 0 aromatic heterocycles. The van der Waals surface area contributed by atoms with E-state index >= 15 is 0 Å². The van der Waals surface area contributed by atoms with Crippen LogP contribution in [-0.2, 0) is 66.6 Å². The molecule has 0 aliphatic carbocycles. The Hall–Kier alpha value is -2.52. The van der Waals surface area contributed by atoms with Crippen molar-refractivity contribution in [1.29, 1.82) is 0 Å². The molecule has 0 saturated carbocycles. The smallest absolute Gasteiger partial charge is 0.303 e. The molecule has 15 heteroatoms. The van der Waals surface area contributed by atoms with Crippen LogP contribution in [0.4, 0.5) is 0 Å². The maximum atomic E-state index is 12.0. The van der Waals surface area contributed by atoms with Crippen LogP contribution in [0.15, 0.2) is 0 Å². The Morgan fingerprint density at radius 1 is 0.649 bits per heavy atom. The molecule has 3 fully saturated rings. The Kier molecular flexibility index (Phi) is 9.69. The standard InChI is InChI=1S/C22H29ClO14/c1-8(24)30-15-13(6-23)35-22(20(34-12(5)28)17(15)31-9(2)25)37-16-14-7-29-21(36-14)19(33-11(4)27)18(16)32-10(3)26/h13-22H,6-7H2,1-5H3/t13-,14-,15-,16-,17+,18+,19-,20-,21?,22-/m1/s1. The highest BCUT2D eigenvalue weighted by atomic mass is 35.5. The second kappa shape index (κ2) is 12.3. The van der Waals surface area contributed by atoms with Crippen LogP contribution in [0.5, 0.6) is 0 Å². The summed E-state index contributed by atoms with van der Waals surface area (Å²) in [7, 11) is 0. The van der Waals surface area contributed by atoms with E-state index < -0.39 is 91.3 Å². The van der Waals surface area contributed by atoms with Gasteiger partial charge in [0.05, 0.1) is 12.5 Å². The Bertz CT molecular complexity index is 895. The van der Waals surface area contributed by atoms with Crippen LogP contribution in [0.2, 0.25) is 0 Å². The third-order valence-electron chi connectivity index (χ3n) is 5.56. The summed E-state index contributed by atoms with van der Waals surface area (Å²) in [6, 6.07) is 0. The third-order valence-corrected chi connectivity index (χ3v) is 5.86. The second-order valence-corrected chi connectivity index (χ2v) is 8.85. The van der Waals surface area contributed by atoms with E-state index in [-0.39, 0.29) is 12.5 Å². The van der Waals surface area contributed by atoms with Crippen LogP contribution < -0.4 is 0 Å². The van der Waals surface area contributed by atoms with Crippen LogP contribution in [-0.4, -0.2) is 104 Å². The first kappa shape index (κ1) is 29.0. The normalized spacial score (nSPS) is 36.7. The minimum atomic E-state index is -1.48. The molecule has 0 aromatic rings. The molecule has 0 amide bonds. The summed E-state index contributed by atoms with van der Waals surface area (Å²) < 4.78 is 50.1. The van der Waals surface area contributed by atoms with Gasteiger partial charge >= 0.3 is 29.8 Å². The van der Waals surface area contributed by atoms with Crippen LogP contribution in [0.1, 0.15) is 34.6 Å². The third kappa shape index (κ3) is 7.08. The molecule has 14 nitrogen and oxygen atoms in total. The Morgan fingerprint density at radius 2 is 1.11 bits per heavy atom. The number of carbonyl (C=O) groups is 5. The zero-order valence-electron chi connectivity index (χ0n) is 20.8. The average molecular weight is 553 g/mol. The number of hydrogen-bond donors (Lipinski definition) is 0. The highest BCUT2D eigenvalue weighted by Crippen LogP contribution is 2.37. The van der Waals surface area contributed by atoms with Gasteiger partial charge in [0, 0.05) is 34.6 Å². The first-order valence-corrected chi connectivity index (χ1v) is 11.9. The molecular formula is C22H29ClO14. The van der Waals surface area contributed by atoms with E-state index in [1.807, 2.05) is 0 Å². The molecule has 3 aliphatic rings. The molecule has 0 aromatic carbocycles. The van der Waals surface area contributed by atoms with Crippen molar-refractivity contribution >= 4 is 41.4 Å². The molecule has 0 spiro atoms. The molecule has 0 N–H and O–H groups in total. The SMILES string of the molecule is CC(=O)O[C@@H]1[C@@H](OC(C)=O)[C@@H](O[C@H]2[C@H](OC(C)=O)[C@@H](OC(C)=O)C3OC[C@H]2O3)O[C@H](CCl)[C@H]1OC(C)=O. The fourth-order valence-electron chi connectivity index (χ4n) is 4.39. The fourth-order valence-corrected chi connectivity index (χ4v) is 4.64.